The van der Waals surface area contributed by atoms with Crippen molar-refractivity contribution < 1.29 is 18.3 Å². The lowest BCUT2D eigenvalue weighted by Gasteiger charge is -2.45. The topological polar surface area (TPSA) is 123 Å². The fraction of sp³-hybridized carbons (Fsp3) is 0.435. The summed E-state index contributed by atoms with van der Waals surface area (Å²) in [5, 5.41) is 14.9. The van der Waals surface area contributed by atoms with Crippen LogP contribution in [-0.4, -0.2) is 61.0 Å². The summed E-state index contributed by atoms with van der Waals surface area (Å²) in [4.78, 5) is 24.1. The van der Waals surface area contributed by atoms with Crippen molar-refractivity contribution in [2.75, 3.05) is 12.4 Å². The molecular weight excluding hydrogens is 458 g/mol. The highest BCUT2D eigenvalue weighted by molar-refractivity contribution is 5.99. The Hall–Kier alpha value is -3.83. The molecule has 35 heavy (non-hydrogen) atoms. The summed E-state index contributed by atoms with van der Waals surface area (Å²) in [6, 6.07) is 5.48. The van der Waals surface area contributed by atoms with Crippen molar-refractivity contribution >= 4 is 33.9 Å². The molecule has 3 heterocycles. The predicted molar refractivity (Wildman–Crippen MR) is 126 cm³/mol. The number of fused-ring (bicyclic) bond motifs is 2. The molecule has 1 amide bonds. The molecule has 3 aromatic heterocycles. The molecule has 0 unspecified atom stereocenters. The van der Waals surface area contributed by atoms with Gasteiger partial charge in [0.15, 0.2) is 0 Å². The number of carbonyl (C=O) groups is 1. The van der Waals surface area contributed by atoms with Gasteiger partial charge in [-0.3, -0.25) is 4.79 Å². The van der Waals surface area contributed by atoms with Crippen molar-refractivity contribution in [1.82, 2.24) is 35.3 Å². The standard InChI is InChI=1S/C23H26F2N8O2/c1-4-18(34)30-23(2)8-13(9-23)27-22-28-20-19(21(29-22)35-3)14(10-26-20)12-5-6-15-16(7-12)33(32-31-15)11-17(24)25/h5-7,10,13,17H,4,8-9,11H2,1-3H3,(H,30,34)(H2,26,27,28,29)/t13-,23-. The highest BCUT2D eigenvalue weighted by Gasteiger charge is 2.41. The summed E-state index contributed by atoms with van der Waals surface area (Å²) in [7, 11) is 1.54. The van der Waals surface area contributed by atoms with E-state index in [1.807, 2.05) is 19.9 Å². The number of methoxy groups -OCH3 is 1. The molecule has 0 bridgehead atoms. The van der Waals surface area contributed by atoms with E-state index >= 15 is 0 Å². The Morgan fingerprint density at radius 3 is 2.86 bits per heavy atom. The van der Waals surface area contributed by atoms with Crippen LogP contribution in [0.1, 0.15) is 33.1 Å². The first-order valence-corrected chi connectivity index (χ1v) is 11.4. The van der Waals surface area contributed by atoms with Gasteiger partial charge in [-0.15, -0.1) is 5.10 Å². The highest BCUT2D eigenvalue weighted by atomic mass is 19.3. The Morgan fingerprint density at radius 1 is 1.34 bits per heavy atom. The zero-order chi connectivity index (χ0) is 24.7. The number of hydrogen-bond donors (Lipinski definition) is 3. The number of halogens is 2. The quantitative estimate of drug-likeness (QED) is 0.350. The van der Waals surface area contributed by atoms with Crippen molar-refractivity contribution in [2.45, 2.75) is 57.7 Å². The maximum absolute atomic E-state index is 12.9. The molecule has 0 saturated heterocycles. The van der Waals surface area contributed by atoms with Gasteiger partial charge in [0.05, 0.1) is 18.0 Å². The number of hydrogen-bond acceptors (Lipinski definition) is 7. The van der Waals surface area contributed by atoms with Crippen LogP contribution < -0.4 is 15.4 Å². The molecule has 1 fully saturated rings. The molecule has 1 aliphatic rings. The summed E-state index contributed by atoms with van der Waals surface area (Å²) in [5.74, 6) is 0.844. The van der Waals surface area contributed by atoms with Crippen LogP contribution in [0.25, 0.3) is 33.2 Å². The van der Waals surface area contributed by atoms with Crippen molar-refractivity contribution in [3.05, 3.63) is 24.4 Å². The van der Waals surface area contributed by atoms with E-state index < -0.39 is 13.0 Å². The summed E-state index contributed by atoms with van der Waals surface area (Å²) in [6.07, 6.45) is 1.23. The Labute approximate surface area is 199 Å². The number of amides is 1. The Morgan fingerprint density at radius 2 is 2.14 bits per heavy atom. The van der Waals surface area contributed by atoms with Crippen molar-refractivity contribution in [1.29, 1.82) is 0 Å². The molecular formula is C23H26F2N8O2. The number of nitrogens with one attached hydrogen (secondary N) is 3. The largest absolute Gasteiger partial charge is 0.480 e. The second-order valence-corrected chi connectivity index (χ2v) is 9.06. The van der Waals surface area contributed by atoms with E-state index in [-0.39, 0.29) is 17.5 Å². The number of anilines is 1. The van der Waals surface area contributed by atoms with Gasteiger partial charge in [-0.1, -0.05) is 18.2 Å². The van der Waals surface area contributed by atoms with Crippen LogP contribution in [0.2, 0.25) is 0 Å². The molecule has 3 N–H and O–H groups in total. The monoisotopic (exact) mass is 484 g/mol. The van der Waals surface area contributed by atoms with Crippen LogP contribution in [0.4, 0.5) is 14.7 Å². The first kappa shape index (κ1) is 22.9. The summed E-state index contributed by atoms with van der Waals surface area (Å²) in [5.41, 5.74) is 2.93. The van der Waals surface area contributed by atoms with Gasteiger partial charge in [0.1, 0.15) is 17.7 Å². The molecule has 10 nitrogen and oxygen atoms in total. The fourth-order valence-electron chi connectivity index (χ4n) is 4.68. The van der Waals surface area contributed by atoms with Gasteiger partial charge < -0.3 is 20.4 Å². The third-order valence-electron chi connectivity index (χ3n) is 6.32. The molecule has 184 valence electrons. The van der Waals surface area contributed by atoms with Crippen molar-refractivity contribution in [3.63, 3.8) is 0 Å². The zero-order valence-electron chi connectivity index (χ0n) is 19.6. The van der Waals surface area contributed by atoms with E-state index in [0.717, 1.165) is 24.0 Å². The van der Waals surface area contributed by atoms with E-state index in [9.17, 15) is 13.6 Å². The number of nitrogens with zero attached hydrogens (tertiary/aromatic N) is 5. The molecule has 0 atom stereocenters. The molecule has 0 radical (unpaired) electrons. The van der Waals surface area contributed by atoms with Gasteiger partial charge in [-0.05, 0) is 37.5 Å². The molecule has 0 aliphatic heterocycles. The number of alkyl halides is 2. The van der Waals surface area contributed by atoms with Gasteiger partial charge in [0.25, 0.3) is 6.43 Å². The van der Waals surface area contributed by atoms with Crippen LogP contribution in [0.15, 0.2) is 24.4 Å². The van der Waals surface area contributed by atoms with Gasteiger partial charge in [0.2, 0.25) is 17.7 Å². The second-order valence-electron chi connectivity index (χ2n) is 9.06. The number of carbonyl (C=O) groups excluding carboxylic acids is 1. The Kier molecular flexibility index (Phi) is 5.73. The normalized spacial score (nSPS) is 19.8. The van der Waals surface area contributed by atoms with Crippen LogP contribution >= 0.6 is 0 Å². The van der Waals surface area contributed by atoms with Crippen molar-refractivity contribution in [2.24, 2.45) is 0 Å². The lowest BCUT2D eigenvalue weighted by Crippen LogP contribution is -2.59. The van der Waals surface area contributed by atoms with E-state index in [2.05, 4.69) is 35.9 Å². The van der Waals surface area contributed by atoms with Crippen LogP contribution in [0, 0.1) is 0 Å². The SMILES string of the molecule is CCC(=O)N[C@]1(C)C[C@@H](Nc2nc(OC)c3c(-c4ccc5nnn(CC(F)F)c5c4)c[nH]c3n2)C1. The molecule has 1 aliphatic carbocycles. The van der Waals surface area contributed by atoms with E-state index in [0.29, 0.717) is 40.3 Å². The van der Waals surface area contributed by atoms with Gasteiger partial charge >= 0.3 is 0 Å². The van der Waals surface area contributed by atoms with Crippen LogP contribution in [0.3, 0.4) is 0 Å². The fourth-order valence-corrected chi connectivity index (χ4v) is 4.68. The Bertz CT molecular complexity index is 1390. The minimum absolute atomic E-state index is 0.0374. The van der Waals surface area contributed by atoms with Gasteiger partial charge in [-0.25, -0.2) is 13.5 Å². The number of ether oxygens (including phenoxy) is 1. The molecule has 0 spiro atoms. The summed E-state index contributed by atoms with van der Waals surface area (Å²) >= 11 is 0. The maximum Gasteiger partial charge on any atom is 0.258 e. The lowest BCUT2D eigenvalue weighted by molar-refractivity contribution is -0.123. The van der Waals surface area contributed by atoms with E-state index in [1.54, 1.807) is 18.3 Å². The second kappa shape index (κ2) is 8.75. The lowest BCUT2D eigenvalue weighted by atomic mass is 9.74. The molecule has 12 heteroatoms. The van der Waals surface area contributed by atoms with Crippen molar-refractivity contribution in [3.8, 4) is 17.0 Å². The van der Waals surface area contributed by atoms with Crippen LogP contribution in [0.5, 0.6) is 5.88 Å². The van der Waals surface area contributed by atoms with Gasteiger partial charge in [-0.2, -0.15) is 9.97 Å². The molecule has 5 rings (SSSR count). The molecule has 1 aromatic carbocycles. The van der Waals surface area contributed by atoms with E-state index in [1.165, 1.54) is 11.8 Å². The number of aromatic amines is 1. The highest BCUT2D eigenvalue weighted by Crippen LogP contribution is 2.37. The average molecular weight is 485 g/mol. The zero-order valence-corrected chi connectivity index (χ0v) is 19.6. The predicted octanol–water partition coefficient (Wildman–Crippen LogP) is 3.50. The van der Waals surface area contributed by atoms with Crippen LogP contribution in [-0.2, 0) is 11.3 Å². The minimum Gasteiger partial charge on any atom is -0.480 e. The van der Waals surface area contributed by atoms with E-state index in [4.69, 9.17) is 4.74 Å². The first-order chi connectivity index (χ1) is 16.8. The Balaban J connectivity index is 1.42. The molecule has 1 saturated carbocycles. The minimum atomic E-state index is -2.53. The summed E-state index contributed by atoms with van der Waals surface area (Å²) in [6.45, 7) is 3.33. The molecule has 4 aromatic rings. The third kappa shape index (κ3) is 4.35. The summed E-state index contributed by atoms with van der Waals surface area (Å²) < 4.78 is 32.6. The average Bonchev–Trinajstić information content (AvgIpc) is 3.41. The maximum atomic E-state index is 12.9. The number of benzene rings is 1. The third-order valence-corrected chi connectivity index (χ3v) is 6.32. The number of H-pyrrole nitrogens is 1. The first-order valence-electron chi connectivity index (χ1n) is 11.4. The van der Waals surface area contributed by atoms with Gasteiger partial charge in [0, 0.05) is 29.8 Å². The number of aromatic nitrogens is 6. The smallest absolute Gasteiger partial charge is 0.258 e. The number of rotatable bonds is 8.